The summed E-state index contributed by atoms with van der Waals surface area (Å²) >= 11 is 0. The minimum atomic E-state index is -0.223. The molecule has 2 aromatic rings. The van der Waals surface area contributed by atoms with Crippen molar-refractivity contribution in [3.05, 3.63) is 114 Å². The van der Waals surface area contributed by atoms with E-state index in [1.165, 1.54) is 24.5 Å². The summed E-state index contributed by atoms with van der Waals surface area (Å²) < 4.78 is 13.7. The highest BCUT2D eigenvalue weighted by molar-refractivity contribution is 5.98. The number of nitriles is 1. The maximum absolute atomic E-state index is 13.7. The highest BCUT2D eigenvalue weighted by Crippen LogP contribution is 2.31. The van der Waals surface area contributed by atoms with Gasteiger partial charge in [0, 0.05) is 12.0 Å². The number of Topliss-reactive ketones (excluding diaryl/α,β-unsaturated/α-hetero) is 1. The zero-order valence-electron chi connectivity index (χ0n) is 24.7. The molecule has 0 radical (unpaired) electrons. The van der Waals surface area contributed by atoms with Crippen molar-refractivity contribution in [2.24, 2.45) is 5.92 Å². The fraction of sp³-hybridized carbons (Fsp3) is 0.405. The number of ketones is 1. The van der Waals surface area contributed by atoms with Crippen LogP contribution in [-0.2, 0) is 6.42 Å². The van der Waals surface area contributed by atoms with Crippen LogP contribution in [0.3, 0.4) is 0 Å². The Morgan fingerprint density at radius 2 is 1.82 bits per heavy atom. The number of nitrogens with zero attached hydrogens (tertiary/aromatic N) is 1. The van der Waals surface area contributed by atoms with Gasteiger partial charge < -0.3 is 0 Å². The second-order valence-electron chi connectivity index (χ2n) is 11.0. The van der Waals surface area contributed by atoms with E-state index in [2.05, 4.69) is 46.1 Å². The Balaban J connectivity index is 2.26. The van der Waals surface area contributed by atoms with Gasteiger partial charge in [-0.15, -0.1) is 6.58 Å². The summed E-state index contributed by atoms with van der Waals surface area (Å²) in [6.45, 7) is 14.7. The molecule has 0 aliphatic rings. The van der Waals surface area contributed by atoms with Crippen molar-refractivity contribution in [3.63, 3.8) is 0 Å². The number of allylic oxidation sites excluding steroid dienone is 6. The molecule has 0 saturated carbocycles. The molecule has 0 amide bonds. The highest BCUT2D eigenvalue weighted by atomic mass is 19.1. The van der Waals surface area contributed by atoms with E-state index in [-0.39, 0.29) is 17.5 Å². The first kappa shape index (κ1) is 32.7. The van der Waals surface area contributed by atoms with Crippen molar-refractivity contribution in [1.82, 2.24) is 0 Å². The summed E-state index contributed by atoms with van der Waals surface area (Å²) in [5.74, 6) is 0.622. The smallest absolute Gasteiger partial charge is 0.163 e. The van der Waals surface area contributed by atoms with Gasteiger partial charge in [-0.3, -0.25) is 4.79 Å². The van der Waals surface area contributed by atoms with Crippen molar-refractivity contribution >= 4 is 11.4 Å². The third kappa shape index (κ3) is 11.7. The number of hydrogen-bond acceptors (Lipinski definition) is 2. The third-order valence-electron chi connectivity index (χ3n) is 7.49. The lowest BCUT2D eigenvalue weighted by Gasteiger charge is -2.20. The maximum atomic E-state index is 13.7. The molecule has 212 valence electrons. The van der Waals surface area contributed by atoms with Gasteiger partial charge in [0.05, 0.1) is 12.5 Å². The first-order valence-corrected chi connectivity index (χ1v) is 14.7. The molecular weight excluding hydrogens is 493 g/mol. The predicted octanol–water partition coefficient (Wildman–Crippen LogP) is 10.7. The predicted molar refractivity (Wildman–Crippen MR) is 168 cm³/mol. The standard InChI is InChI=1S/C37H46FNO/c1-6-7-14-31(19-17-28(2)3)21-24-37(40)35-23-22-33(29(4)13-10-8-9-11-25-39)27-36(35)30(5)18-20-32-15-12-16-34(38)26-32/h8-10,12-13,15-16,22-23,26-27,30-31H,2,4,6-7,11,14,17-21,24H2,1,3,5H3/b9-8-,13-10-. The van der Waals surface area contributed by atoms with Crippen LogP contribution in [0.25, 0.3) is 5.57 Å². The molecule has 0 aromatic heterocycles. The minimum Gasteiger partial charge on any atom is -0.294 e. The molecular formula is C37H46FNO. The molecule has 0 N–H and O–H groups in total. The second-order valence-corrected chi connectivity index (χ2v) is 11.0. The summed E-state index contributed by atoms with van der Waals surface area (Å²) in [6.07, 6.45) is 16.4. The molecule has 0 fully saturated rings. The Hall–Kier alpha value is -3.51. The molecule has 2 unspecified atom stereocenters. The fourth-order valence-corrected chi connectivity index (χ4v) is 4.97. The van der Waals surface area contributed by atoms with E-state index >= 15 is 0 Å². The lowest BCUT2D eigenvalue weighted by atomic mass is 9.84. The Morgan fingerprint density at radius 3 is 2.52 bits per heavy atom. The molecule has 2 rings (SSSR count). The van der Waals surface area contributed by atoms with Crippen molar-refractivity contribution < 1.29 is 9.18 Å². The van der Waals surface area contributed by atoms with Crippen LogP contribution in [0.2, 0.25) is 0 Å². The van der Waals surface area contributed by atoms with E-state index in [1.54, 1.807) is 18.2 Å². The largest absolute Gasteiger partial charge is 0.294 e. The van der Waals surface area contributed by atoms with Crippen molar-refractivity contribution in [2.75, 3.05) is 0 Å². The Kier molecular flexibility index (Phi) is 14.7. The van der Waals surface area contributed by atoms with E-state index in [1.807, 2.05) is 36.4 Å². The minimum absolute atomic E-state index is 0.119. The van der Waals surface area contributed by atoms with Gasteiger partial charge in [-0.05, 0) is 85.3 Å². The number of unbranched alkanes of at least 4 members (excludes halogenated alkanes) is 1. The maximum Gasteiger partial charge on any atom is 0.163 e. The summed E-state index contributed by atoms with van der Waals surface area (Å²) in [5.41, 5.74) is 5.79. The highest BCUT2D eigenvalue weighted by Gasteiger charge is 2.19. The molecule has 0 spiro atoms. The van der Waals surface area contributed by atoms with Crippen LogP contribution in [0.4, 0.5) is 4.39 Å². The van der Waals surface area contributed by atoms with Gasteiger partial charge in [0.25, 0.3) is 0 Å². The van der Waals surface area contributed by atoms with Gasteiger partial charge in [0.15, 0.2) is 5.78 Å². The van der Waals surface area contributed by atoms with Crippen LogP contribution in [-0.4, -0.2) is 5.78 Å². The number of benzene rings is 2. The van der Waals surface area contributed by atoms with Crippen LogP contribution < -0.4 is 0 Å². The average Bonchev–Trinajstić information content (AvgIpc) is 2.94. The second kappa shape index (κ2) is 18.0. The van der Waals surface area contributed by atoms with E-state index in [0.717, 1.165) is 66.4 Å². The summed E-state index contributed by atoms with van der Waals surface area (Å²) in [4.78, 5) is 13.6. The van der Waals surface area contributed by atoms with Crippen molar-refractivity contribution in [2.45, 2.75) is 90.9 Å². The first-order valence-electron chi connectivity index (χ1n) is 14.7. The number of rotatable bonds is 18. The van der Waals surface area contributed by atoms with E-state index in [9.17, 15) is 9.18 Å². The van der Waals surface area contributed by atoms with Crippen molar-refractivity contribution in [3.8, 4) is 6.07 Å². The molecule has 2 atom stereocenters. The van der Waals surface area contributed by atoms with E-state index < -0.39 is 0 Å². The lowest BCUT2D eigenvalue weighted by Crippen LogP contribution is -2.11. The molecule has 0 heterocycles. The van der Waals surface area contributed by atoms with E-state index in [4.69, 9.17) is 5.26 Å². The number of hydrogen-bond donors (Lipinski definition) is 0. The van der Waals surface area contributed by atoms with Gasteiger partial charge in [-0.25, -0.2) is 4.39 Å². The van der Waals surface area contributed by atoms with Gasteiger partial charge >= 0.3 is 0 Å². The number of carbonyl (C=O) groups is 1. The van der Waals surface area contributed by atoms with Gasteiger partial charge in [0.1, 0.15) is 5.82 Å². The van der Waals surface area contributed by atoms with E-state index in [0.29, 0.717) is 18.8 Å². The first-order chi connectivity index (χ1) is 19.2. The zero-order chi connectivity index (χ0) is 29.3. The molecule has 40 heavy (non-hydrogen) atoms. The monoisotopic (exact) mass is 539 g/mol. The average molecular weight is 540 g/mol. The third-order valence-corrected chi connectivity index (χ3v) is 7.49. The number of carbonyl (C=O) groups excluding carboxylic acids is 1. The lowest BCUT2D eigenvalue weighted by molar-refractivity contribution is 0.0970. The molecule has 2 nitrogen and oxygen atoms in total. The quantitative estimate of drug-likeness (QED) is 0.107. The van der Waals surface area contributed by atoms with Gasteiger partial charge in [-0.2, -0.15) is 5.26 Å². The zero-order valence-corrected chi connectivity index (χ0v) is 24.7. The molecule has 0 aliphatic heterocycles. The van der Waals surface area contributed by atoms with Gasteiger partial charge in [-0.1, -0.05) is 99.9 Å². The Labute approximate surface area is 242 Å². The summed E-state index contributed by atoms with van der Waals surface area (Å²) in [6, 6.07) is 14.9. The fourth-order valence-electron chi connectivity index (χ4n) is 4.97. The molecule has 0 aliphatic carbocycles. The number of halogens is 1. The summed E-state index contributed by atoms with van der Waals surface area (Å²) in [5, 5.41) is 8.70. The Bertz CT molecular complexity index is 1230. The molecule has 2 aromatic carbocycles. The topological polar surface area (TPSA) is 40.9 Å². The van der Waals surface area contributed by atoms with Gasteiger partial charge in [0.2, 0.25) is 0 Å². The molecule has 0 saturated heterocycles. The number of aryl methyl sites for hydroxylation is 1. The van der Waals surface area contributed by atoms with Crippen LogP contribution >= 0.6 is 0 Å². The van der Waals surface area contributed by atoms with Crippen LogP contribution in [0.5, 0.6) is 0 Å². The summed E-state index contributed by atoms with van der Waals surface area (Å²) in [7, 11) is 0. The van der Waals surface area contributed by atoms with Crippen molar-refractivity contribution in [1.29, 1.82) is 5.26 Å². The van der Waals surface area contributed by atoms with Crippen LogP contribution in [0.15, 0.2) is 85.5 Å². The van der Waals surface area contributed by atoms with Crippen LogP contribution in [0, 0.1) is 23.1 Å². The Morgan fingerprint density at radius 1 is 1.05 bits per heavy atom. The SMILES string of the molecule is C=C(C)CCC(CCCC)CCC(=O)c1ccc(C(=C)/C=C\C=C/CC#N)cc1C(C)CCc1cccc(F)c1. The normalized spacial score (nSPS) is 12.9. The van der Waals surface area contributed by atoms with Crippen LogP contribution in [0.1, 0.15) is 112 Å². The molecule has 3 heteroatoms. The molecule has 0 bridgehead atoms.